The van der Waals surface area contributed by atoms with E-state index >= 15 is 0 Å². The van der Waals surface area contributed by atoms with Crippen LogP contribution in [0.25, 0.3) is 0 Å². The normalized spacial score (nSPS) is 10.7. The lowest BCUT2D eigenvalue weighted by molar-refractivity contribution is 0.424. The van der Waals surface area contributed by atoms with E-state index in [9.17, 15) is 0 Å². The van der Waals surface area contributed by atoms with Crippen LogP contribution in [0.3, 0.4) is 0 Å². The fourth-order valence-corrected chi connectivity index (χ4v) is 1.36. The Labute approximate surface area is 91.6 Å². The summed E-state index contributed by atoms with van der Waals surface area (Å²) in [7, 11) is 4.12. The summed E-state index contributed by atoms with van der Waals surface area (Å²) >= 11 is 0. The smallest absolute Gasteiger partial charge is 0.203 e. The predicted molar refractivity (Wildman–Crippen MR) is 64.2 cm³/mol. The zero-order chi connectivity index (χ0) is 11.3. The van der Waals surface area contributed by atoms with Crippen molar-refractivity contribution in [2.24, 2.45) is 0 Å². The Balaban J connectivity index is 2.54. The average molecular weight is 208 g/mol. The van der Waals surface area contributed by atoms with Gasteiger partial charge in [-0.05, 0) is 21.0 Å². The number of nitrogens with one attached hydrogen (secondary N) is 1. The van der Waals surface area contributed by atoms with Gasteiger partial charge in [0.15, 0.2) is 0 Å². The van der Waals surface area contributed by atoms with E-state index in [0.717, 1.165) is 31.3 Å². The van der Waals surface area contributed by atoms with Gasteiger partial charge in [0.25, 0.3) is 0 Å². The molecule has 4 nitrogen and oxygen atoms in total. The maximum Gasteiger partial charge on any atom is 0.203 e. The van der Waals surface area contributed by atoms with Crippen molar-refractivity contribution in [3.63, 3.8) is 0 Å². The predicted octanol–water partition coefficient (Wildman–Crippen LogP) is 1.35. The molecule has 1 rings (SSSR count). The van der Waals surface area contributed by atoms with Gasteiger partial charge in [0.1, 0.15) is 0 Å². The monoisotopic (exact) mass is 208 g/mol. The number of rotatable bonds is 6. The van der Waals surface area contributed by atoms with Gasteiger partial charge in [-0.15, -0.1) is 6.58 Å². The Morgan fingerprint density at radius 3 is 2.93 bits per heavy atom. The SMILES string of the molecule is C=CCn1cc(C)nc1NCCN(C)C. The summed E-state index contributed by atoms with van der Waals surface area (Å²) in [5, 5.41) is 3.31. The van der Waals surface area contributed by atoms with E-state index in [1.54, 1.807) is 0 Å². The van der Waals surface area contributed by atoms with Crippen LogP contribution in [0, 0.1) is 6.92 Å². The third kappa shape index (κ3) is 3.75. The van der Waals surface area contributed by atoms with Gasteiger partial charge in [0.2, 0.25) is 5.95 Å². The van der Waals surface area contributed by atoms with Gasteiger partial charge in [-0.2, -0.15) is 0 Å². The molecule has 0 fully saturated rings. The van der Waals surface area contributed by atoms with Crippen LogP contribution >= 0.6 is 0 Å². The molecule has 0 aliphatic carbocycles. The van der Waals surface area contributed by atoms with Crippen LogP contribution in [0.4, 0.5) is 5.95 Å². The van der Waals surface area contributed by atoms with Crippen LogP contribution in [-0.4, -0.2) is 41.6 Å². The maximum absolute atomic E-state index is 4.41. The van der Waals surface area contributed by atoms with Gasteiger partial charge in [-0.1, -0.05) is 6.08 Å². The average Bonchev–Trinajstić information content (AvgIpc) is 2.47. The van der Waals surface area contributed by atoms with Crippen LogP contribution in [0.2, 0.25) is 0 Å². The van der Waals surface area contributed by atoms with Crippen LogP contribution in [0.15, 0.2) is 18.9 Å². The molecule has 0 amide bonds. The molecule has 0 aromatic carbocycles. The third-order valence-electron chi connectivity index (χ3n) is 2.06. The van der Waals surface area contributed by atoms with Crippen LogP contribution in [0.1, 0.15) is 5.69 Å². The number of allylic oxidation sites excluding steroid dienone is 1. The highest BCUT2D eigenvalue weighted by atomic mass is 15.2. The van der Waals surface area contributed by atoms with Gasteiger partial charge in [-0.25, -0.2) is 4.98 Å². The molecule has 0 saturated carbocycles. The van der Waals surface area contributed by atoms with Gasteiger partial charge in [-0.3, -0.25) is 0 Å². The number of hydrogen-bond acceptors (Lipinski definition) is 3. The van der Waals surface area contributed by atoms with Crippen molar-refractivity contribution >= 4 is 5.95 Å². The second kappa shape index (κ2) is 5.56. The van der Waals surface area contributed by atoms with Gasteiger partial charge < -0.3 is 14.8 Å². The number of aromatic nitrogens is 2. The van der Waals surface area contributed by atoms with E-state index in [1.165, 1.54) is 0 Å². The summed E-state index contributed by atoms with van der Waals surface area (Å²) < 4.78 is 2.07. The number of imidazole rings is 1. The minimum atomic E-state index is 0.797. The summed E-state index contributed by atoms with van der Waals surface area (Å²) in [4.78, 5) is 6.55. The molecule has 0 aliphatic rings. The second-order valence-electron chi connectivity index (χ2n) is 3.88. The summed E-state index contributed by atoms with van der Waals surface area (Å²) in [6.07, 6.45) is 3.90. The van der Waals surface area contributed by atoms with Crippen molar-refractivity contribution in [2.45, 2.75) is 13.5 Å². The van der Waals surface area contributed by atoms with Crippen molar-refractivity contribution in [3.8, 4) is 0 Å². The molecular weight excluding hydrogens is 188 g/mol. The van der Waals surface area contributed by atoms with Crippen molar-refractivity contribution < 1.29 is 0 Å². The molecule has 1 aromatic rings. The fraction of sp³-hybridized carbons (Fsp3) is 0.545. The van der Waals surface area contributed by atoms with E-state index in [1.807, 2.05) is 19.2 Å². The maximum atomic E-state index is 4.41. The molecule has 0 radical (unpaired) electrons. The molecule has 0 atom stereocenters. The summed E-state index contributed by atoms with van der Waals surface area (Å²) in [5.74, 6) is 0.925. The molecule has 1 heterocycles. The first kappa shape index (κ1) is 11.8. The van der Waals surface area contributed by atoms with Crippen LogP contribution < -0.4 is 5.32 Å². The first-order valence-corrected chi connectivity index (χ1v) is 5.16. The highest BCUT2D eigenvalue weighted by Crippen LogP contribution is 2.07. The summed E-state index contributed by atoms with van der Waals surface area (Å²) in [6, 6.07) is 0. The van der Waals surface area contributed by atoms with Gasteiger partial charge in [0.05, 0.1) is 5.69 Å². The van der Waals surface area contributed by atoms with Gasteiger partial charge >= 0.3 is 0 Å². The molecule has 1 aromatic heterocycles. The molecule has 4 heteroatoms. The van der Waals surface area contributed by atoms with Crippen molar-refractivity contribution in [1.82, 2.24) is 14.5 Å². The molecule has 0 spiro atoms. The molecule has 0 aliphatic heterocycles. The second-order valence-corrected chi connectivity index (χ2v) is 3.88. The Bertz CT molecular complexity index is 314. The highest BCUT2D eigenvalue weighted by molar-refractivity contribution is 5.29. The Morgan fingerprint density at radius 1 is 1.60 bits per heavy atom. The quantitative estimate of drug-likeness (QED) is 0.716. The third-order valence-corrected chi connectivity index (χ3v) is 2.06. The van der Waals surface area contributed by atoms with E-state index in [4.69, 9.17) is 0 Å². The van der Waals surface area contributed by atoms with Crippen LogP contribution in [-0.2, 0) is 6.54 Å². The summed E-state index contributed by atoms with van der Waals surface area (Å²) in [6.45, 7) is 8.43. The zero-order valence-corrected chi connectivity index (χ0v) is 9.82. The molecule has 1 N–H and O–H groups in total. The standard InChI is InChI=1S/C11H20N4/c1-5-7-15-9-10(2)13-11(15)12-6-8-14(3)4/h5,9H,1,6-8H2,2-4H3,(H,12,13). The highest BCUT2D eigenvalue weighted by Gasteiger charge is 2.03. The van der Waals surface area contributed by atoms with Crippen molar-refractivity contribution in [2.75, 3.05) is 32.5 Å². The lowest BCUT2D eigenvalue weighted by Crippen LogP contribution is -2.22. The molecule has 0 unspecified atom stereocenters. The Morgan fingerprint density at radius 2 is 2.33 bits per heavy atom. The van der Waals surface area contributed by atoms with Gasteiger partial charge in [0, 0.05) is 25.8 Å². The first-order valence-electron chi connectivity index (χ1n) is 5.16. The van der Waals surface area contributed by atoms with E-state index < -0.39 is 0 Å². The number of likely N-dealkylation sites (N-methyl/N-ethyl adjacent to an activating group) is 1. The first-order chi connectivity index (χ1) is 7.13. The number of hydrogen-bond donors (Lipinski definition) is 1. The Hall–Kier alpha value is -1.29. The summed E-state index contributed by atoms with van der Waals surface area (Å²) in [5.41, 5.74) is 1.03. The van der Waals surface area contributed by atoms with E-state index in [-0.39, 0.29) is 0 Å². The largest absolute Gasteiger partial charge is 0.354 e. The lowest BCUT2D eigenvalue weighted by atomic mass is 10.5. The Kier molecular flexibility index (Phi) is 4.37. The molecular formula is C11H20N4. The van der Waals surface area contributed by atoms with E-state index in [0.29, 0.717) is 0 Å². The number of anilines is 1. The zero-order valence-electron chi connectivity index (χ0n) is 9.82. The number of aryl methyl sites for hydroxylation is 1. The van der Waals surface area contributed by atoms with E-state index in [2.05, 4.69) is 40.4 Å². The molecule has 0 bridgehead atoms. The minimum Gasteiger partial charge on any atom is -0.354 e. The van der Waals surface area contributed by atoms with Crippen molar-refractivity contribution in [3.05, 3.63) is 24.5 Å². The topological polar surface area (TPSA) is 33.1 Å². The fourth-order valence-electron chi connectivity index (χ4n) is 1.36. The molecule has 15 heavy (non-hydrogen) atoms. The minimum absolute atomic E-state index is 0.797. The lowest BCUT2D eigenvalue weighted by Gasteiger charge is -2.11. The van der Waals surface area contributed by atoms with Crippen LogP contribution in [0.5, 0.6) is 0 Å². The number of nitrogens with zero attached hydrogens (tertiary/aromatic N) is 3. The van der Waals surface area contributed by atoms with Crippen molar-refractivity contribution in [1.29, 1.82) is 0 Å². The molecule has 0 saturated heterocycles. The molecule has 84 valence electrons.